The summed E-state index contributed by atoms with van der Waals surface area (Å²) < 4.78 is 18.4. The topological polar surface area (TPSA) is 69.8 Å². The van der Waals surface area contributed by atoms with Crippen LogP contribution in [0.25, 0.3) is 0 Å². The average Bonchev–Trinajstić information content (AvgIpc) is 3.10. The number of furan rings is 1. The minimum Gasteiger partial charge on any atom is -0.466 e. The van der Waals surface area contributed by atoms with E-state index in [4.69, 9.17) is 4.42 Å². The lowest BCUT2D eigenvalue weighted by Crippen LogP contribution is -2.39. The summed E-state index contributed by atoms with van der Waals surface area (Å²) in [6.07, 6.45) is 2.28. The number of aliphatic imine (C=N–C) groups is 1. The number of aliphatic hydroxyl groups is 1. The van der Waals surface area contributed by atoms with Crippen LogP contribution in [0.4, 0.5) is 4.39 Å². The molecule has 26 heavy (non-hydrogen) atoms. The largest absolute Gasteiger partial charge is 0.466 e. The number of aryl methyl sites for hydroxylation is 1. The molecule has 0 bridgehead atoms. The van der Waals surface area contributed by atoms with Crippen molar-refractivity contribution in [3.8, 4) is 0 Å². The number of nitrogens with one attached hydrogen (secondary N) is 2. The Kier molecular flexibility index (Phi) is 9.07. The fourth-order valence-electron chi connectivity index (χ4n) is 2.49. The van der Waals surface area contributed by atoms with E-state index in [0.717, 1.165) is 17.5 Å². The van der Waals surface area contributed by atoms with Gasteiger partial charge in [0.2, 0.25) is 0 Å². The Balaban J connectivity index is 0.00000338. The number of guanidine groups is 1. The molecule has 144 valence electrons. The fourth-order valence-corrected chi connectivity index (χ4v) is 2.49. The summed E-state index contributed by atoms with van der Waals surface area (Å²) in [4.78, 5) is 4.43. The lowest BCUT2D eigenvalue weighted by atomic mass is 10.0. The van der Waals surface area contributed by atoms with Crippen LogP contribution in [0.5, 0.6) is 0 Å². The summed E-state index contributed by atoms with van der Waals surface area (Å²) in [5.41, 5.74) is 0.858. The lowest BCUT2D eigenvalue weighted by molar-refractivity contribution is 0.0437. The smallest absolute Gasteiger partial charge is 0.191 e. The number of nitrogens with zero attached hydrogens (tertiary/aromatic N) is 1. The Hall–Kier alpha value is -1.61. The van der Waals surface area contributed by atoms with Gasteiger partial charge in [0.25, 0.3) is 0 Å². The highest BCUT2D eigenvalue weighted by Gasteiger charge is 2.26. The standard InChI is InChI=1S/C19H26FN3O2.HI/c1-4-21-18(23-13-19(3,24)17-6-5-11-25-17)22-10-9-15-7-8-16(20)12-14(15)2;/h5-8,11-12,24H,4,9-10,13H2,1-3H3,(H2,21,22,23);1H. The molecule has 0 saturated heterocycles. The maximum absolute atomic E-state index is 13.2. The summed E-state index contributed by atoms with van der Waals surface area (Å²) in [5, 5.41) is 16.8. The van der Waals surface area contributed by atoms with Gasteiger partial charge in [-0.25, -0.2) is 9.38 Å². The van der Waals surface area contributed by atoms with E-state index in [9.17, 15) is 9.50 Å². The fraction of sp³-hybridized carbons (Fsp3) is 0.421. The van der Waals surface area contributed by atoms with Crippen LogP contribution in [0.15, 0.2) is 46.0 Å². The molecule has 0 aliphatic rings. The molecule has 5 nitrogen and oxygen atoms in total. The van der Waals surface area contributed by atoms with Crippen LogP contribution in [0.1, 0.15) is 30.7 Å². The Morgan fingerprint density at radius 2 is 2.08 bits per heavy atom. The van der Waals surface area contributed by atoms with Gasteiger partial charge in [0.15, 0.2) is 5.96 Å². The van der Waals surface area contributed by atoms with E-state index in [1.54, 1.807) is 25.1 Å². The third kappa shape index (κ3) is 6.60. The first-order valence-electron chi connectivity index (χ1n) is 8.46. The molecule has 0 spiro atoms. The van der Waals surface area contributed by atoms with Gasteiger partial charge in [-0.05, 0) is 62.6 Å². The highest BCUT2D eigenvalue weighted by atomic mass is 127. The average molecular weight is 475 g/mol. The van der Waals surface area contributed by atoms with Gasteiger partial charge in [0, 0.05) is 13.1 Å². The molecule has 1 unspecified atom stereocenters. The Morgan fingerprint density at radius 1 is 1.31 bits per heavy atom. The number of hydrogen-bond donors (Lipinski definition) is 3. The second-order valence-corrected chi connectivity index (χ2v) is 6.19. The van der Waals surface area contributed by atoms with Gasteiger partial charge in [0.1, 0.15) is 17.2 Å². The third-order valence-electron chi connectivity index (χ3n) is 3.93. The van der Waals surface area contributed by atoms with Gasteiger partial charge in [-0.2, -0.15) is 0 Å². The van der Waals surface area contributed by atoms with E-state index in [1.165, 1.54) is 18.4 Å². The number of hydrogen-bond acceptors (Lipinski definition) is 3. The van der Waals surface area contributed by atoms with Crippen molar-refractivity contribution in [3.63, 3.8) is 0 Å². The zero-order chi connectivity index (χ0) is 18.3. The molecule has 2 aromatic rings. The minimum atomic E-state index is -1.17. The normalized spacial score (nSPS) is 13.7. The quantitative estimate of drug-likeness (QED) is 0.327. The van der Waals surface area contributed by atoms with Gasteiger partial charge in [-0.3, -0.25) is 0 Å². The highest BCUT2D eigenvalue weighted by Crippen LogP contribution is 2.21. The van der Waals surface area contributed by atoms with Crippen molar-refractivity contribution >= 4 is 29.9 Å². The molecule has 1 aromatic carbocycles. The van der Waals surface area contributed by atoms with Crippen molar-refractivity contribution < 1.29 is 13.9 Å². The molecule has 1 aromatic heterocycles. The van der Waals surface area contributed by atoms with Gasteiger partial charge in [-0.15, -0.1) is 24.0 Å². The van der Waals surface area contributed by atoms with Crippen molar-refractivity contribution in [3.05, 3.63) is 59.3 Å². The van der Waals surface area contributed by atoms with Crippen LogP contribution < -0.4 is 10.6 Å². The molecule has 2 rings (SSSR count). The van der Waals surface area contributed by atoms with Crippen molar-refractivity contribution in [1.82, 2.24) is 10.6 Å². The molecule has 3 N–H and O–H groups in total. The predicted octanol–water partition coefficient (Wildman–Crippen LogP) is 3.35. The van der Waals surface area contributed by atoms with E-state index in [-0.39, 0.29) is 36.3 Å². The summed E-state index contributed by atoms with van der Waals surface area (Å²) in [6, 6.07) is 8.28. The molecule has 0 aliphatic carbocycles. The molecule has 7 heteroatoms. The van der Waals surface area contributed by atoms with E-state index in [1.807, 2.05) is 13.8 Å². The molecule has 1 heterocycles. The maximum atomic E-state index is 13.2. The first-order chi connectivity index (χ1) is 11.9. The third-order valence-corrected chi connectivity index (χ3v) is 3.93. The van der Waals surface area contributed by atoms with Crippen molar-refractivity contribution in [2.75, 3.05) is 19.6 Å². The van der Waals surface area contributed by atoms with E-state index in [2.05, 4.69) is 15.6 Å². The summed E-state index contributed by atoms with van der Waals surface area (Å²) in [7, 11) is 0. The van der Waals surface area contributed by atoms with Crippen molar-refractivity contribution in [2.24, 2.45) is 4.99 Å². The number of rotatable bonds is 7. The minimum absolute atomic E-state index is 0. The van der Waals surface area contributed by atoms with Gasteiger partial charge in [0.05, 0.1) is 12.8 Å². The molecular weight excluding hydrogens is 448 g/mol. The Morgan fingerprint density at radius 3 is 2.69 bits per heavy atom. The first-order valence-corrected chi connectivity index (χ1v) is 8.46. The van der Waals surface area contributed by atoms with Crippen molar-refractivity contribution in [1.29, 1.82) is 0 Å². The van der Waals surface area contributed by atoms with Gasteiger partial charge in [-0.1, -0.05) is 6.07 Å². The molecular formula is C19H27FIN3O2. The van der Waals surface area contributed by atoms with Crippen LogP contribution in [-0.4, -0.2) is 30.7 Å². The van der Waals surface area contributed by atoms with Crippen LogP contribution in [0, 0.1) is 12.7 Å². The van der Waals surface area contributed by atoms with Crippen LogP contribution in [0.2, 0.25) is 0 Å². The molecule has 0 saturated carbocycles. The SMILES string of the molecule is CCNC(=NCC(C)(O)c1ccco1)NCCc1ccc(F)cc1C.I. The molecule has 0 radical (unpaired) electrons. The van der Waals surface area contributed by atoms with Crippen LogP contribution in [-0.2, 0) is 12.0 Å². The zero-order valence-electron chi connectivity index (χ0n) is 15.4. The summed E-state index contributed by atoms with van der Waals surface area (Å²) in [6.45, 7) is 7.09. The van der Waals surface area contributed by atoms with E-state index in [0.29, 0.717) is 24.8 Å². The van der Waals surface area contributed by atoms with E-state index < -0.39 is 5.60 Å². The lowest BCUT2D eigenvalue weighted by Gasteiger charge is -2.19. The summed E-state index contributed by atoms with van der Waals surface area (Å²) in [5.74, 6) is 0.882. The zero-order valence-corrected chi connectivity index (χ0v) is 17.7. The second kappa shape index (κ2) is 10.5. The Labute approximate surface area is 171 Å². The predicted molar refractivity (Wildman–Crippen MR) is 113 cm³/mol. The molecule has 0 fully saturated rings. The maximum Gasteiger partial charge on any atom is 0.191 e. The molecule has 0 aliphatic heterocycles. The van der Waals surface area contributed by atoms with Crippen LogP contribution >= 0.6 is 24.0 Å². The Bertz CT molecular complexity index is 703. The monoisotopic (exact) mass is 475 g/mol. The molecule has 1 atom stereocenters. The van der Waals surface area contributed by atoms with E-state index >= 15 is 0 Å². The molecule has 0 amide bonds. The summed E-state index contributed by atoms with van der Waals surface area (Å²) >= 11 is 0. The van der Waals surface area contributed by atoms with Crippen LogP contribution in [0.3, 0.4) is 0 Å². The van der Waals surface area contributed by atoms with Gasteiger partial charge < -0.3 is 20.2 Å². The number of halogens is 2. The van der Waals surface area contributed by atoms with Gasteiger partial charge >= 0.3 is 0 Å². The highest BCUT2D eigenvalue weighted by molar-refractivity contribution is 14.0. The first kappa shape index (κ1) is 22.4. The second-order valence-electron chi connectivity index (χ2n) is 6.19. The number of benzene rings is 1. The van der Waals surface area contributed by atoms with Crippen molar-refractivity contribution in [2.45, 2.75) is 32.8 Å².